The third-order valence-electron chi connectivity index (χ3n) is 5.47. The zero-order valence-electron chi connectivity index (χ0n) is 17.4. The van der Waals surface area contributed by atoms with Crippen LogP contribution in [0.4, 0.5) is 0 Å². The van der Waals surface area contributed by atoms with Crippen LogP contribution in [-0.4, -0.2) is 10.7 Å². The lowest BCUT2D eigenvalue weighted by Crippen LogP contribution is -1.85. The molecular weight excluding hydrogens is 358 g/mol. The van der Waals surface area contributed by atoms with E-state index in [1.54, 1.807) is 0 Å². The van der Waals surface area contributed by atoms with Crippen molar-refractivity contribution in [1.82, 2.24) is 4.98 Å². The number of thioether (sulfide) groups is 1. The SMILES string of the molecule is CCCCCCCCCCCCSc1c(-c2ccccc2)[nH]c2ccccc12. The van der Waals surface area contributed by atoms with E-state index in [-0.39, 0.29) is 0 Å². The first-order chi connectivity index (χ1) is 13.9. The number of hydrogen-bond donors (Lipinski definition) is 1. The van der Waals surface area contributed by atoms with Gasteiger partial charge in [-0.3, -0.25) is 0 Å². The highest BCUT2D eigenvalue weighted by atomic mass is 32.2. The molecule has 0 fully saturated rings. The Morgan fingerprint density at radius 2 is 1.29 bits per heavy atom. The van der Waals surface area contributed by atoms with E-state index in [0.717, 1.165) is 0 Å². The fraction of sp³-hybridized carbons (Fsp3) is 0.462. The standard InChI is InChI=1S/C26H35NS/c1-2-3-4-5-6-7-8-9-10-16-21-28-26-23-19-14-15-20-24(23)27-25(26)22-17-12-11-13-18-22/h11-15,17-20,27H,2-10,16,21H2,1H3. The summed E-state index contributed by atoms with van der Waals surface area (Å²) in [6.07, 6.45) is 14.0. The number of benzene rings is 2. The molecule has 0 saturated carbocycles. The monoisotopic (exact) mass is 393 g/mol. The molecule has 28 heavy (non-hydrogen) atoms. The molecule has 3 aromatic rings. The number of para-hydroxylation sites is 1. The van der Waals surface area contributed by atoms with Gasteiger partial charge in [0.25, 0.3) is 0 Å². The van der Waals surface area contributed by atoms with Gasteiger partial charge in [0.15, 0.2) is 0 Å². The molecule has 0 spiro atoms. The molecule has 1 aromatic heterocycles. The average molecular weight is 394 g/mol. The van der Waals surface area contributed by atoms with Crippen molar-refractivity contribution < 1.29 is 0 Å². The molecule has 1 nitrogen and oxygen atoms in total. The van der Waals surface area contributed by atoms with Crippen LogP contribution in [0.3, 0.4) is 0 Å². The van der Waals surface area contributed by atoms with E-state index in [1.165, 1.54) is 97.0 Å². The van der Waals surface area contributed by atoms with E-state index in [0.29, 0.717) is 0 Å². The number of fused-ring (bicyclic) bond motifs is 1. The van der Waals surface area contributed by atoms with Gasteiger partial charge in [-0.1, -0.05) is 113 Å². The number of hydrogen-bond acceptors (Lipinski definition) is 1. The number of nitrogens with one attached hydrogen (secondary N) is 1. The van der Waals surface area contributed by atoms with Crippen molar-refractivity contribution in [3.8, 4) is 11.3 Å². The van der Waals surface area contributed by atoms with Crippen LogP contribution >= 0.6 is 11.8 Å². The maximum absolute atomic E-state index is 3.65. The number of aromatic nitrogens is 1. The van der Waals surface area contributed by atoms with Crippen LogP contribution in [0.15, 0.2) is 59.5 Å². The Bertz CT molecular complexity index is 806. The molecule has 1 N–H and O–H groups in total. The van der Waals surface area contributed by atoms with E-state index < -0.39 is 0 Å². The van der Waals surface area contributed by atoms with Gasteiger partial charge < -0.3 is 4.98 Å². The summed E-state index contributed by atoms with van der Waals surface area (Å²) in [5.41, 5.74) is 3.80. The summed E-state index contributed by atoms with van der Waals surface area (Å²) in [4.78, 5) is 5.06. The van der Waals surface area contributed by atoms with Gasteiger partial charge in [-0.2, -0.15) is 0 Å². The highest BCUT2D eigenvalue weighted by Crippen LogP contribution is 2.38. The minimum absolute atomic E-state index is 1.21. The lowest BCUT2D eigenvalue weighted by molar-refractivity contribution is 0.563. The van der Waals surface area contributed by atoms with Crippen LogP contribution in [0.5, 0.6) is 0 Å². The third-order valence-corrected chi connectivity index (χ3v) is 6.67. The molecule has 2 heteroatoms. The molecule has 0 aliphatic rings. The van der Waals surface area contributed by atoms with Crippen LogP contribution in [0.2, 0.25) is 0 Å². The number of aromatic amines is 1. The van der Waals surface area contributed by atoms with E-state index >= 15 is 0 Å². The third kappa shape index (κ3) is 6.17. The zero-order valence-corrected chi connectivity index (χ0v) is 18.2. The molecule has 0 saturated heterocycles. The second kappa shape index (κ2) is 12.0. The first kappa shape index (κ1) is 21.0. The molecule has 0 bridgehead atoms. The van der Waals surface area contributed by atoms with Gasteiger partial charge in [0.2, 0.25) is 0 Å². The first-order valence-electron chi connectivity index (χ1n) is 11.2. The Labute approximate surface area is 175 Å². The maximum atomic E-state index is 3.65. The Morgan fingerprint density at radius 1 is 0.679 bits per heavy atom. The normalized spacial score (nSPS) is 11.3. The van der Waals surface area contributed by atoms with Gasteiger partial charge in [0.1, 0.15) is 0 Å². The summed E-state index contributed by atoms with van der Waals surface area (Å²) >= 11 is 2.02. The predicted octanol–water partition coefficient (Wildman–Crippen LogP) is 8.85. The lowest BCUT2D eigenvalue weighted by Gasteiger charge is -2.06. The van der Waals surface area contributed by atoms with Crippen molar-refractivity contribution >= 4 is 22.7 Å². The topological polar surface area (TPSA) is 15.8 Å². The molecular formula is C26H35NS. The van der Waals surface area contributed by atoms with E-state index in [1.807, 2.05) is 11.8 Å². The van der Waals surface area contributed by atoms with Gasteiger partial charge in [-0.25, -0.2) is 0 Å². The van der Waals surface area contributed by atoms with Crippen molar-refractivity contribution in [2.24, 2.45) is 0 Å². The Balaban J connectivity index is 1.46. The molecule has 0 atom stereocenters. The molecule has 150 valence electrons. The second-order valence-electron chi connectivity index (χ2n) is 7.77. The quantitative estimate of drug-likeness (QED) is 0.226. The van der Waals surface area contributed by atoms with Crippen molar-refractivity contribution in [3.05, 3.63) is 54.6 Å². The minimum Gasteiger partial charge on any atom is -0.354 e. The maximum Gasteiger partial charge on any atom is 0.0603 e. The van der Waals surface area contributed by atoms with Crippen LogP contribution in [0.1, 0.15) is 71.1 Å². The minimum atomic E-state index is 1.21. The molecule has 3 rings (SSSR count). The molecule has 0 amide bonds. The Kier molecular flexibility index (Phi) is 9.03. The summed E-state index contributed by atoms with van der Waals surface area (Å²) in [5.74, 6) is 1.21. The largest absolute Gasteiger partial charge is 0.354 e. The molecule has 1 heterocycles. The molecule has 0 aliphatic heterocycles. The van der Waals surface area contributed by atoms with Crippen LogP contribution in [-0.2, 0) is 0 Å². The predicted molar refractivity (Wildman–Crippen MR) is 126 cm³/mol. The van der Waals surface area contributed by atoms with E-state index in [2.05, 4.69) is 66.5 Å². The second-order valence-corrected chi connectivity index (χ2v) is 8.88. The van der Waals surface area contributed by atoms with Crippen molar-refractivity contribution in [3.63, 3.8) is 0 Å². The van der Waals surface area contributed by atoms with Crippen LogP contribution < -0.4 is 0 Å². The summed E-state index contributed by atoms with van der Waals surface area (Å²) in [7, 11) is 0. The lowest BCUT2D eigenvalue weighted by atomic mass is 10.1. The van der Waals surface area contributed by atoms with Gasteiger partial charge >= 0.3 is 0 Å². The summed E-state index contributed by atoms with van der Waals surface area (Å²) in [6, 6.07) is 19.4. The van der Waals surface area contributed by atoms with Gasteiger partial charge in [-0.05, 0) is 23.8 Å². The molecule has 0 unspecified atom stereocenters. The first-order valence-corrected chi connectivity index (χ1v) is 12.2. The molecule has 2 aromatic carbocycles. The highest BCUT2D eigenvalue weighted by molar-refractivity contribution is 7.99. The van der Waals surface area contributed by atoms with Crippen molar-refractivity contribution in [1.29, 1.82) is 0 Å². The highest BCUT2D eigenvalue weighted by Gasteiger charge is 2.13. The van der Waals surface area contributed by atoms with E-state index in [9.17, 15) is 0 Å². The van der Waals surface area contributed by atoms with Gasteiger partial charge in [0.05, 0.1) is 5.69 Å². The number of unbranched alkanes of at least 4 members (excludes halogenated alkanes) is 9. The van der Waals surface area contributed by atoms with Crippen LogP contribution in [0, 0.1) is 0 Å². The molecule has 0 aliphatic carbocycles. The summed E-state index contributed by atoms with van der Waals surface area (Å²) in [5, 5.41) is 1.36. The van der Waals surface area contributed by atoms with Crippen molar-refractivity contribution in [2.75, 3.05) is 5.75 Å². The Hall–Kier alpha value is -1.67. The van der Waals surface area contributed by atoms with E-state index in [4.69, 9.17) is 0 Å². The molecule has 0 radical (unpaired) electrons. The zero-order chi connectivity index (χ0) is 19.4. The van der Waals surface area contributed by atoms with Gasteiger partial charge in [0, 0.05) is 15.8 Å². The smallest absolute Gasteiger partial charge is 0.0603 e. The van der Waals surface area contributed by atoms with Crippen molar-refractivity contribution in [2.45, 2.75) is 76.0 Å². The Morgan fingerprint density at radius 3 is 2.00 bits per heavy atom. The number of H-pyrrole nitrogens is 1. The van der Waals surface area contributed by atoms with Gasteiger partial charge in [-0.15, -0.1) is 11.8 Å². The summed E-state index contributed by atoms with van der Waals surface area (Å²) in [6.45, 7) is 2.29. The van der Waals surface area contributed by atoms with Crippen LogP contribution in [0.25, 0.3) is 22.2 Å². The average Bonchev–Trinajstić information content (AvgIpc) is 3.11. The fourth-order valence-corrected chi connectivity index (χ4v) is 5.04. The summed E-state index contributed by atoms with van der Waals surface area (Å²) < 4.78 is 0. The fourth-order valence-electron chi connectivity index (χ4n) is 3.84. The number of rotatable bonds is 13.